The minimum Gasteiger partial charge on any atom is -0.489 e. The number of nitrogens with one attached hydrogen (secondary N) is 2. The van der Waals surface area contributed by atoms with E-state index in [1.165, 1.54) is 0 Å². The van der Waals surface area contributed by atoms with E-state index >= 15 is 0 Å². The van der Waals surface area contributed by atoms with Crippen LogP contribution < -0.4 is 15.4 Å². The van der Waals surface area contributed by atoms with Gasteiger partial charge in [-0.25, -0.2) is 0 Å². The summed E-state index contributed by atoms with van der Waals surface area (Å²) in [7, 11) is 0. The quantitative estimate of drug-likeness (QED) is 0.703. The number of carbonyl (C=O) groups is 1. The van der Waals surface area contributed by atoms with Crippen molar-refractivity contribution in [2.24, 2.45) is 0 Å². The third-order valence-corrected chi connectivity index (χ3v) is 3.45. The molecule has 0 aliphatic carbocycles. The van der Waals surface area contributed by atoms with Gasteiger partial charge in [-0.15, -0.1) is 0 Å². The van der Waals surface area contributed by atoms with Crippen molar-refractivity contribution in [2.75, 3.05) is 23.8 Å². The summed E-state index contributed by atoms with van der Waals surface area (Å²) in [5.41, 5.74) is 2.59. The molecule has 0 aromatic heterocycles. The number of hydrogen-bond acceptors (Lipinski definition) is 3. The highest BCUT2D eigenvalue weighted by atomic mass is 79.9. The zero-order valence-electron chi connectivity index (χ0n) is 12.9. The molecule has 0 radical (unpaired) electrons. The lowest BCUT2D eigenvalue weighted by Crippen LogP contribution is -2.21. The maximum Gasteiger partial charge on any atom is 0.243 e. The van der Waals surface area contributed by atoms with Crippen molar-refractivity contribution in [1.29, 1.82) is 0 Å². The van der Waals surface area contributed by atoms with E-state index < -0.39 is 0 Å². The van der Waals surface area contributed by atoms with Gasteiger partial charge in [0.05, 0.1) is 6.54 Å². The summed E-state index contributed by atoms with van der Waals surface area (Å²) in [6, 6.07) is 14.9. The Bertz CT molecular complexity index is 666. The van der Waals surface area contributed by atoms with Crippen molar-refractivity contribution >= 4 is 33.2 Å². The van der Waals surface area contributed by atoms with E-state index in [9.17, 15) is 4.79 Å². The van der Waals surface area contributed by atoms with Crippen LogP contribution in [0.3, 0.4) is 0 Å². The lowest BCUT2D eigenvalue weighted by Gasteiger charge is -2.09. The molecule has 5 heteroatoms. The maximum absolute atomic E-state index is 11.9. The Balaban J connectivity index is 1.80. The first-order valence-electron chi connectivity index (χ1n) is 7.19. The van der Waals surface area contributed by atoms with Crippen molar-refractivity contribution in [3.63, 3.8) is 0 Å². The molecule has 0 fully saturated rings. The first kappa shape index (κ1) is 17.1. The van der Waals surface area contributed by atoms with Crippen LogP contribution in [0.5, 0.6) is 5.75 Å². The molecule has 1 amide bonds. The van der Waals surface area contributed by atoms with Gasteiger partial charge in [-0.2, -0.15) is 0 Å². The molecular weight excluding hydrogens is 356 g/mol. The van der Waals surface area contributed by atoms with Crippen LogP contribution in [0.2, 0.25) is 0 Å². The van der Waals surface area contributed by atoms with Crippen molar-refractivity contribution in [1.82, 2.24) is 0 Å². The lowest BCUT2D eigenvalue weighted by molar-refractivity contribution is -0.114. The third-order valence-electron chi connectivity index (χ3n) is 2.92. The Morgan fingerprint density at radius 3 is 2.30 bits per heavy atom. The fourth-order valence-electron chi connectivity index (χ4n) is 1.80. The smallest absolute Gasteiger partial charge is 0.243 e. The Labute approximate surface area is 144 Å². The molecule has 4 nitrogen and oxygen atoms in total. The van der Waals surface area contributed by atoms with Crippen molar-refractivity contribution in [3.05, 3.63) is 65.2 Å². The largest absolute Gasteiger partial charge is 0.489 e. The third kappa shape index (κ3) is 6.16. The van der Waals surface area contributed by atoms with Crippen molar-refractivity contribution < 1.29 is 9.53 Å². The summed E-state index contributed by atoms with van der Waals surface area (Å²) in [5, 5.41) is 5.90. The molecule has 0 aliphatic heterocycles. The lowest BCUT2D eigenvalue weighted by atomic mass is 10.3. The van der Waals surface area contributed by atoms with Gasteiger partial charge in [0.25, 0.3) is 0 Å². The van der Waals surface area contributed by atoms with Gasteiger partial charge in [0.15, 0.2) is 0 Å². The highest BCUT2D eigenvalue weighted by Crippen LogP contribution is 2.17. The molecule has 0 bridgehead atoms. The van der Waals surface area contributed by atoms with Gasteiger partial charge < -0.3 is 15.4 Å². The van der Waals surface area contributed by atoms with Crippen LogP contribution in [0, 0.1) is 0 Å². The monoisotopic (exact) mass is 374 g/mol. The molecule has 2 N–H and O–H groups in total. The predicted octanol–water partition coefficient (Wildman–Crippen LogP) is 4.45. The average Bonchev–Trinajstić information content (AvgIpc) is 2.53. The Morgan fingerprint density at radius 1 is 1.09 bits per heavy atom. The molecule has 0 atom stereocenters. The zero-order valence-corrected chi connectivity index (χ0v) is 14.5. The number of anilines is 2. The van der Waals surface area contributed by atoms with Crippen LogP contribution in [0.25, 0.3) is 0 Å². The van der Waals surface area contributed by atoms with Gasteiger partial charge in [-0.05, 0) is 61.0 Å². The summed E-state index contributed by atoms with van der Waals surface area (Å²) < 4.78 is 6.52. The van der Waals surface area contributed by atoms with Crippen LogP contribution in [-0.2, 0) is 4.79 Å². The molecule has 23 heavy (non-hydrogen) atoms. The molecule has 2 aromatic rings. The molecule has 0 spiro atoms. The molecule has 0 saturated carbocycles. The second-order valence-corrected chi connectivity index (χ2v) is 6.09. The molecule has 2 aromatic carbocycles. The first-order chi connectivity index (χ1) is 11.0. The first-order valence-corrected chi connectivity index (χ1v) is 7.99. The Morgan fingerprint density at radius 2 is 1.70 bits per heavy atom. The molecule has 0 aliphatic rings. The van der Waals surface area contributed by atoms with E-state index in [1.807, 2.05) is 55.5 Å². The average molecular weight is 375 g/mol. The van der Waals surface area contributed by atoms with Crippen LogP contribution >= 0.6 is 15.9 Å². The number of halogens is 1. The number of hydrogen-bond donors (Lipinski definition) is 2. The van der Waals surface area contributed by atoms with Gasteiger partial charge in [-0.3, -0.25) is 4.79 Å². The van der Waals surface area contributed by atoms with Crippen LogP contribution in [0.15, 0.2) is 65.2 Å². The fraction of sp³-hybridized carbons (Fsp3) is 0.167. The van der Waals surface area contributed by atoms with Crippen LogP contribution in [0.1, 0.15) is 6.92 Å². The molecule has 2 rings (SSSR count). The second-order valence-electron chi connectivity index (χ2n) is 5.18. The van der Waals surface area contributed by atoms with Gasteiger partial charge in [0, 0.05) is 15.8 Å². The predicted molar refractivity (Wildman–Crippen MR) is 98.0 cm³/mol. The van der Waals surface area contributed by atoms with Crippen molar-refractivity contribution in [2.45, 2.75) is 6.92 Å². The molecular formula is C18H19BrN2O2. The highest BCUT2D eigenvalue weighted by Gasteiger charge is 2.03. The molecule has 0 saturated heterocycles. The second kappa shape index (κ2) is 8.39. The van der Waals surface area contributed by atoms with Crippen LogP contribution in [0.4, 0.5) is 11.4 Å². The number of benzene rings is 2. The van der Waals surface area contributed by atoms with E-state index in [2.05, 4.69) is 33.1 Å². The Hall–Kier alpha value is -2.27. The summed E-state index contributed by atoms with van der Waals surface area (Å²) >= 11 is 3.37. The van der Waals surface area contributed by atoms with Gasteiger partial charge in [0.1, 0.15) is 12.4 Å². The fourth-order valence-corrected chi connectivity index (χ4v) is 2.06. The SMILES string of the molecule is C=C(C)COc1ccc(NC(=O)CNc2ccc(Br)cc2)cc1. The summed E-state index contributed by atoms with van der Waals surface area (Å²) in [4.78, 5) is 11.9. The summed E-state index contributed by atoms with van der Waals surface area (Å²) in [6.45, 7) is 6.39. The normalized spacial score (nSPS) is 10.0. The van der Waals surface area contributed by atoms with Gasteiger partial charge in [0.2, 0.25) is 5.91 Å². The topological polar surface area (TPSA) is 50.4 Å². The molecule has 0 heterocycles. The standard InChI is InChI=1S/C18H19BrN2O2/c1-13(2)12-23-17-9-7-16(8-10-17)21-18(22)11-20-15-5-3-14(19)4-6-15/h3-10,20H,1,11-12H2,2H3,(H,21,22). The highest BCUT2D eigenvalue weighted by molar-refractivity contribution is 9.10. The van der Waals surface area contributed by atoms with Gasteiger partial charge in [-0.1, -0.05) is 22.5 Å². The molecule has 0 unspecified atom stereocenters. The van der Waals surface area contributed by atoms with Crippen LogP contribution in [-0.4, -0.2) is 19.1 Å². The summed E-state index contributed by atoms with van der Waals surface area (Å²) in [6.07, 6.45) is 0. The Kier molecular flexibility index (Phi) is 6.23. The minimum absolute atomic E-state index is 0.108. The summed E-state index contributed by atoms with van der Waals surface area (Å²) in [5.74, 6) is 0.641. The number of rotatable bonds is 7. The number of carbonyl (C=O) groups excluding carboxylic acids is 1. The zero-order chi connectivity index (χ0) is 16.7. The van der Waals surface area contributed by atoms with Gasteiger partial charge >= 0.3 is 0 Å². The van der Waals surface area contributed by atoms with Crippen molar-refractivity contribution in [3.8, 4) is 5.75 Å². The maximum atomic E-state index is 11.9. The van der Waals surface area contributed by atoms with E-state index in [0.717, 1.165) is 27.2 Å². The van der Waals surface area contributed by atoms with E-state index in [-0.39, 0.29) is 12.5 Å². The number of ether oxygens (including phenoxy) is 1. The van der Waals surface area contributed by atoms with E-state index in [4.69, 9.17) is 4.74 Å². The minimum atomic E-state index is -0.108. The molecule has 120 valence electrons. The number of amides is 1. The van der Waals surface area contributed by atoms with E-state index in [1.54, 1.807) is 0 Å². The van der Waals surface area contributed by atoms with E-state index in [0.29, 0.717) is 6.61 Å².